The fourth-order valence-electron chi connectivity index (χ4n) is 7.79. The van der Waals surface area contributed by atoms with Crippen LogP contribution in [0.1, 0.15) is 64.2 Å². The van der Waals surface area contributed by atoms with Crippen molar-refractivity contribution < 1.29 is 9.47 Å². The van der Waals surface area contributed by atoms with E-state index in [2.05, 4.69) is 12.0 Å². The second kappa shape index (κ2) is 6.14. The van der Waals surface area contributed by atoms with Gasteiger partial charge in [0.15, 0.2) is 0 Å². The van der Waals surface area contributed by atoms with E-state index in [4.69, 9.17) is 15.9 Å². The summed E-state index contributed by atoms with van der Waals surface area (Å²) in [5.74, 6) is 5.49. The third kappa shape index (κ3) is 2.25. The molecule has 0 aromatic rings. The molecular formula is C23H32O2. The average molecular weight is 341 g/mol. The number of terminal acetylenes is 1. The average Bonchev–Trinajstić information content (AvgIpc) is 2.89. The Morgan fingerprint density at radius 1 is 1.12 bits per heavy atom. The first-order valence-corrected chi connectivity index (χ1v) is 10.6. The number of allylic oxidation sites excluding steroid dienone is 2. The predicted molar refractivity (Wildman–Crippen MR) is 99.0 cm³/mol. The number of rotatable bonds is 1. The van der Waals surface area contributed by atoms with Crippen molar-refractivity contribution in [2.75, 3.05) is 19.8 Å². The molecule has 0 bridgehead atoms. The molecule has 136 valence electrons. The molecule has 0 aromatic carbocycles. The maximum Gasteiger partial charge on any atom is 0.0704 e. The second-order valence-electron chi connectivity index (χ2n) is 9.35. The highest BCUT2D eigenvalue weighted by atomic mass is 16.5. The summed E-state index contributed by atoms with van der Waals surface area (Å²) < 4.78 is 12.3. The minimum absolute atomic E-state index is 0.301. The Labute approximate surface area is 152 Å². The normalized spacial score (nSPS) is 48.8. The van der Waals surface area contributed by atoms with Crippen LogP contribution in [0.5, 0.6) is 0 Å². The van der Waals surface area contributed by atoms with Crippen molar-refractivity contribution in [3.63, 3.8) is 0 Å². The van der Waals surface area contributed by atoms with Gasteiger partial charge in [0.2, 0.25) is 0 Å². The SMILES string of the molecule is C#CC[C@]12CCCCC1=CC[C@@H]1[C@@H]2CC[C@]23COCCOC2CC[C@@H]13. The molecule has 1 spiro atoms. The van der Waals surface area contributed by atoms with E-state index in [9.17, 15) is 0 Å². The minimum atomic E-state index is 0.301. The van der Waals surface area contributed by atoms with Crippen molar-refractivity contribution in [2.24, 2.45) is 28.6 Å². The summed E-state index contributed by atoms with van der Waals surface area (Å²) >= 11 is 0. The maximum atomic E-state index is 6.27. The van der Waals surface area contributed by atoms with Gasteiger partial charge >= 0.3 is 0 Å². The smallest absolute Gasteiger partial charge is 0.0704 e. The lowest BCUT2D eigenvalue weighted by atomic mass is 9.46. The third-order valence-corrected chi connectivity index (χ3v) is 8.71. The molecule has 0 amide bonds. The predicted octanol–water partition coefficient (Wildman–Crippen LogP) is 4.74. The number of ether oxygens (including phenoxy) is 2. The van der Waals surface area contributed by atoms with Crippen LogP contribution in [0.2, 0.25) is 0 Å². The fraction of sp³-hybridized carbons (Fsp3) is 0.826. The van der Waals surface area contributed by atoms with E-state index >= 15 is 0 Å². The lowest BCUT2D eigenvalue weighted by molar-refractivity contribution is -0.103. The summed E-state index contributed by atoms with van der Waals surface area (Å²) in [6.07, 6.45) is 21.8. The van der Waals surface area contributed by atoms with Gasteiger partial charge in [0.25, 0.3) is 0 Å². The quantitative estimate of drug-likeness (QED) is 0.507. The van der Waals surface area contributed by atoms with Crippen LogP contribution < -0.4 is 0 Å². The summed E-state index contributed by atoms with van der Waals surface area (Å²) in [5, 5.41) is 0. The van der Waals surface area contributed by atoms with E-state index in [1.54, 1.807) is 5.57 Å². The fourth-order valence-corrected chi connectivity index (χ4v) is 7.79. The molecule has 1 aliphatic heterocycles. The Morgan fingerprint density at radius 2 is 2.08 bits per heavy atom. The highest BCUT2D eigenvalue weighted by Gasteiger charge is 2.61. The molecule has 0 N–H and O–H groups in total. The number of hydrogen-bond donors (Lipinski definition) is 0. The summed E-state index contributed by atoms with van der Waals surface area (Å²) in [4.78, 5) is 0. The molecule has 0 aromatic heterocycles. The largest absolute Gasteiger partial charge is 0.378 e. The Balaban J connectivity index is 1.51. The number of hydrogen-bond acceptors (Lipinski definition) is 2. The first-order chi connectivity index (χ1) is 12.3. The topological polar surface area (TPSA) is 18.5 Å². The van der Waals surface area contributed by atoms with Crippen LogP contribution in [0.3, 0.4) is 0 Å². The molecule has 5 rings (SSSR count). The minimum Gasteiger partial charge on any atom is -0.378 e. The van der Waals surface area contributed by atoms with Crippen LogP contribution in [-0.4, -0.2) is 25.9 Å². The standard InChI is InChI=1S/C23H32O2/c1-2-11-22-12-4-3-5-17(22)6-7-18-19-8-9-21-23(19,13-10-20(18)22)16-24-14-15-25-21/h1,6,18-21H,3-5,7-16H2/t18-,19-,20-,21?,22-,23+/m0/s1. The van der Waals surface area contributed by atoms with Gasteiger partial charge in [-0.05, 0) is 69.1 Å². The van der Waals surface area contributed by atoms with E-state index < -0.39 is 0 Å². The molecule has 4 fully saturated rings. The van der Waals surface area contributed by atoms with E-state index in [0.717, 1.165) is 44.0 Å². The molecule has 1 unspecified atom stereocenters. The van der Waals surface area contributed by atoms with E-state index in [1.165, 1.54) is 57.8 Å². The Morgan fingerprint density at radius 3 is 3.00 bits per heavy atom. The van der Waals surface area contributed by atoms with E-state index in [-0.39, 0.29) is 0 Å². The summed E-state index contributed by atoms with van der Waals surface area (Å²) in [6, 6.07) is 0. The van der Waals surface area contributed by atoms with Crippen molar-refractivity contribution >= 4 is 0 Å². The van der Waals surface area contributed by atoms with Gasteiger partial charge in [0.1, 0.15) is 0 Å². The molecule has 0 radical (unpaired) electrons. The van der Waals surface area contributed by atoms with Crippen LogP contribution in [-0.2, 0) is 9.47 Å². The molecule has 4 aliphatic carbocycles. The number of fused-ring (bicyclic) bond motifs is 4. The first-order valence-electron chi connectivity index (χ1n) is 10.6. The highest BCUT2D eigenvalue weighted by Crippen LogP contribution is 2.66. The van der Waals surface area contributed by atoms with E-state index in [1.807, 2.05) is 0 Å². The van der Waals surface area contributed by atoms with Gasteiger partial charge in [-0.25, -0.2) is 0 Å². The monoisotopic (exact) mass is 340 g/mol. The third-order valence-electron chi connectivity index (χ3n) is 8.71. The lowest BCUT2D eigenvalue weighted by Gasteiger charge is -2.58. The molecular weight excluding hydrogens is 308 g/mol. The Kier molecular flexibility index (Phi) is 4.03. The highest BCUT2D eigenvalue weighted by molar-refractivity contribution is 5.27. The van der Waals surface area contributed by atoms with Gasteiger partial charge in [-0.15, -0.1) is 12.3 Å². The van der Waals surface area contributed by atoms with Crippen molar-refractivity contribution in [1.82, 2.24) is 0 Å². The second-order valence-corrected chi connectivity index (χ2v) is 9.35. The van der Waals surface area contributed by atoms with Crippen LogP contribution in [0.15, 0.2) is 11.6 Å². The Bertz CT molecular complexity index is 602. The molecule has 2 heteroatoms. The van der Waals surface area contributed by atoms with Gasteiger partial charge in [0.05, 0.1) is 25.9 Å². The zero-order chi connectivity index (χ0) is 16.9. The Hall–Kier alpha value is -0.780. The van der Waals surface area contributed by atoms with Crippen molar-refractivity contribution in [1.29, 1.82) is 0 Å². The van der Waals surface area contributed by atoms with Crippen molar-refractivity contribution in [3.8, 4) is 12.3 Å². The molecule has 2 nitrogen and oxygen atoms in total. The first kappa shape index (κ1) is 16.4. The summed E-state index contributed by atoms with van der Waals surface area (Å²) in [7, 11) is 0. The zero-order valence-corrected chi connectivity index (χ0v) is 15.5. The van der Waals surface area contributed by atoms with Gasteiger partial charge in [0, 0.05) is 17.3 Å². The van der Waals surface area contributed by atoms with Gasteiger partial charge in [-0.3, -0.25) is 0 Å². The molecule has 1 heterocycles. The van der Waals surface area contributed by atoms with Crippen LogP contribution in [0.25, 0.3) is 0 Å². The van der Waals surface area contributed by atoms with Gasteiger partial charge in [-0.2, -0.15) is 0 Å². The summed E-state index contributed by atoms with van der Waals surface area (Å²) in [5.41, 5.74) is 2.37. The summed E-state index contributed by atoms with van der Waals surface area (Å²) in [6.45, 7) is 2.51. The van der Waals surface area contributed by atoms with Gasteiger partial charge < -0.3 is 9.47 Å². The van der Waals surface area contributed by atoms with Crippen LogP contribution in [0.4, 0.5) is 0 Å². The molecule has 3 saturated carbocycles. The van der Waals surface area contributed by atoms with Crippen molar-refractivity contribution in [3.05, 3.63) is 11.6 Å². The van der Waals surface area contributed by atoms with Crippen molar-refractivity contribution in [2.45, 2.75) is 70.3 Å². The maximum absolute atomic E-state index is 6.27. The lowest BCUT2D eigenvalue weighted by Crippen LogP contribution is -2.53. The molecule has 6 atom stereocenters. The molecule has 1 saturated heterocycles. The van der Waals surface area contributed by atoms with Gasteiger partial charge in [-0.1, -0.05) is 18.1 Å². The zero-order valence-electron chi connectivity index (χ0n) is 15.5. The molecule has 5 aliphatic rings. The molecule has 25 heavy (non-hydrogen) atoms. The van der Waals surface area contributed by atoms with Crippen LogP contribution in [0, 0.1) is 40.9 Å². The van der Waals surface area contributed by atoms with Crippen LogP contribution >= 0.6 is 0 Å². The van der Waals surface area contributed by atoms with E-state index in [0.29, 0.717) is 16.9 Å².